The first-order valence-electron chi connectivity index (χ1n) is 4.81. The van der Waals surface area contributed by atoms with E-state index in [1.54, 1.807) is 11.3 Å². The average molecular weight is 219 g/mol. The molecule has 2 rings (SSSR count). The Morgan fingerprint density at radius 1 is 1.20 bits per heavy atom. The molecular formula is C12H13NOS. The quantitative estimate of drug-likeness (QED) is 0.832. The highest BCUT2D eigenvalue weighted by Crippen LogP contribution is 2.25. The van der Waals surface area contributed by atoms with Crippen LogP contribution in [0.25, 0.3) is 10.4 Å². The molecule has 1 heterocycles. The standard InChI is InChI=1S/C12H13NOS/c13-11(8-14)9-3-5-10(6-4-9)12-2-1-7-15-12/h1-7,11,14H,8,13H2/t11-/m0/s1. The van der Waals surface area contributed by atoms with Gasteiger partial charge in [-0.1, -0.05) is 30.3 Å². The van der Waals surface area contributed by atoms with Crippen LogP contribution in [0.2, 0.25) is 0 Å². The minimum Gasteiger partial charge on any atom is -0.394 e. The molecule has 3 N–H and O–H groups in total. The molecule has 15 heavy (non-hydrogen) atoms. The third-order valence-electron chi connectivity index (χ3n) is 2.34. The Bertz CT molecular complexity index is 408. The minimum atomic E-state index is -0.276. The van der Waals surface area contributed by atoms with Crippen molar-refractivity contribution in [3.05, 3.63) is 47.3 Å². The van der Waals surface area contributed by atoms with Crippen LogP contribution in [0.4, 0.5) is 0 Å². The molecule has 0 radical (unpaired) electrons. The summed E-state index contributed by atoms with van der Waals surface area (Å²) < 4.78 is 0. The molecule has 1 atom stereocenters. The van der Waals surface area contributed by atoms with Gasteiger partial charge in [0.15, 0.2) is 0 Å². The van der Waals surface area contributed by atoms with Crippen LogP contribution >= 0.6 is 11.3 Å². The smallest absolute Gasteiger partial charge is 0.0624 e. The fourth-order valence-electron chi connectivity index (χ4n) is 1.44. The highest BCUT2D eigenvalue weighted by molar-refractivity contribution is 7.13. The van der Waals surface area contributed by atoms with E-state index in [4.69, 9.17) is 10.8 Å². The topological polar surface area (TPSA) is 46.2 Å². The predicted molar refractivity (Wildman–Crippen MR) is 63.8 cm³/mol. The Kier molecular flexibility index (Phi) is 3.16. The Labute approximate surface area is 93.0 Å². The van der Waals surface area contributed by atoms with Crippen LogP contribution in [-0.4, -0.2) is 11.7 Å². The number of nitrogens with two attached hydrogens (primary N) is 1. The fourth-order valence-corrected chi connectivity index (χ4v) is 2.18. The van der Waals surface area contributed by atoms with Gasteiger partial charge in [0.1, 0.15) is 0 Å². The van der Waals surface area contributed by atoms with E-state index in [-0.39, 0.29) is 12.6 Å². The maximum atomic E-state index is 8.92. The van der Waals surface area contributed by atoms with Crippen molar-refractivity contribution in [2.24, 2.45) is 5.73 Å². The van der Waals surface area contributed by atoms with E-state index in [0.29, 0.717) is 0 Å². The molecule has 0 saturated carbocycles. The van der Waals surface area contributed by atoms with Gasteiger partial charge in [0, 0.05) is 4.88 Å². The number of hydrogen-bond donors (Lipinski definition) is 2. The lowest BCUT2D eigenvalue weighted by Gasteiger charge is -2.08. The van der Waals surface area contributed by atoms with Crippen LogP contribution in [0.15, 0.2) is 41.8 Å². The van der Waals surface area contributed by atoms with Crippen LogP contribution in [0, 0.1) is 0 Å². The van der Waals surface area contributed by atoms with Gasteiger partial charge in [-0.2, -0.15) is 0 Å². The molecule has 0 aliphatic rings. The normalized spacial score (nSPS) is 12.7. The van der Waals surface area contributed by atoms with Gasteiger partial charge in [0.2, 0.25) is 0 Å². The number of hydrogen-bond acceptors (Lipinski definition) is 3. The number of aliphatic hydroxyl groups is 1. The Balaban J connectivity index is 2.25. The van der Waals surface area contributed by atoms with Gasteiger partial charge < -0.3 is 10.8 Å². The summed E-state index contributed by atoms with van der Waals surface area (Å²) in [6, 6.07) is 11.9. The predicted octanol–water partition coefficient (Wildman–Crippen LogP) is 2.41. The lowest BCUT2D eigenvalue weighted by atomic mass is 10.1. The Hall–Kier alpha value is -1.16. The van der Waals surface area contributed by atoms with E-state index in [0.717, 1.165) is 5.56 Å². The molecule has 2 nitrogen and oxygen atoms in total. The summed E-state index contributed by atoms with van der Waals surface area (Å²) in [5.41, 5.74) is 7.88. The number of thiophene rings is 1. The largest absolute Gasteiger partial charge is 0.394 e. The fraction of sp³-hybridized carbons (Fsp3) is 0.167. The van der Waals surface area contributed by atoms with E-state index in [1.807, 2.05) is 30.3 Å². The Morgan fingerprint density at radius 2 is 1.93 bits per heavy atom. The number of aliphatic hydroxyl groups excluding tert-OH is 1. The summed E-state index contributed by atoms with van der Waals surface area (Å²) in [5.74, 6) is 0. The monoisotopic (exact) mass is 219 g/mol. The average Bonchev–Trinajstić information content (AvgIpc) is 2.82. The summed E-state index contributed by atoms with van der Waals surface area (Å²) in [4.78, 5) is 1.25. The highest BCUT2D eigenvalue weighted by Gasteiger charge is 2.04. The van der Waals surface area contributed by atoms with Crippen molar-refractivity contribution in [1.29, 1.82) is 0 Å². The molecule has 0 aliphatic carbocycles. The second-order valence-electron chi connectivity index (χ2n) is 3.39. The third kappa shape index (κ3) is 2.26. The van der Waals surface area contributed by atoms with Crippen LogP contribution < -0.4 is 5.73 Å². The van der Waals surface area contributed by atoms with Crippen LogP contribution in [-0.2, 0) is 0 Å². The second kappa shape index (κ2) is 4.57. The van der Waals surface area contributed by atoms with Crippen LogP contribution in [0.1, 0.15) is 11.6 Å². The lowest BCUT2D eigenvalue weighted by Crippen LogP contribution is -2.14. The zero-order valence-corrected chi connectivity index (χ0v) is 9.08. The first-order valence-corrected chi connectivity index (χ1v) is 5.69. The molecule has 2 aromatic rings. The molecule has 0 unspecified atom stereocenters. The van der Waals surface area contributed by atoms with E-state index < -0.39 is 0 Å². The van der Waals surface area contributed by atoms with E-state index in [9.17, 15) is 0 Å². The molecule has 0 saturated heterocycles. The van der Waals surface area contributed by atoms with Crippen LogP contribution in [0.3, 0.4) is 0 Å². The molecule has 0 bridgehead atoms. The molecule has 1 aromatic heterocycles. The van der Waals surface area contributed by atoms with Crippen molar-refractivity contribution in [2.45, 2.75) is 6.04 Å². The van der Waals surface area contributed by atoms with Crippen molar-refractivity contribution in [3.8, 4) is 10.4 Å². The first kappa shape index (κ1) is 10.4. The van der Waals surface area contributed by atoms with Gasteiger partial charge in [-0.15, -0.1) is 11.3 Å². The van der Waals surface area contributed by atoms with Gasteiger partial charge in [0.25, 0.3) is 0 Å². The van der Waals surface area contributed by atoms with Crippen molar-refractivity contribution in [2.75, 3.05) is 6.61 Å². The molecule has 0 fully saturated rings. The summed E-state index contributed by atoms with van der Waals surface area (Å²) in [5, 5.41) is 11.0. The molecule has 0 aliphatic heterocycles. The van der Waals surface area contributed by atoms with Crippen molar-refractivity contribution in [3.63, 3.8) is 0 Å². The molecular weight excluding hydrogens is 206 g/mol. The summed E-state index contributed by atoms with van der Waals surface area (Å²) in [6.45, 7) is -0.0155. The van der Waals surface area contributed by atoms with Gasteiger partial charge in [-0.05, 0) is 22.6 Å². The minimum absolute atomic E-state index is 0.0155. The molecule has 1 aromatic carbocycles. The molecule has 0 spiro atoms. The molecule has 3 heteroatoms. The van der Waals surface area contributed by atoms with Gasteiger partial charge in [-0.25, -0.2) is 0 Å². The highest BCUT2D eigenvalue weighted by atomic mass is 32.1. The van der Waals surface area contributed by atoms with Crippen molar-refractivity contribution >= 4 is 11.3 Å². The lowest BCUT2D eigenvalue weighted by molar-refractivity contribution is 0.268. The van der Waals surface area contributed by atoms with Gasteiger partial charge in [0.05, 0.1) is 12.6 Å². The van der Waals surface area contributed by atoms with Crippen molar-refractivity contribution < 1.29 is 5.11 Å². The zero-order valence-electron chi connectivity index (χ0n) is 8.26. The third-order valence-corrected chi connectivity index (χ3v) is 3.26. The number of benzene rings is 1. The number of rotatable bonds is 3. The maximum absolute atomic E-state index is 8.92. The van der Waals surface area contributed by atoms with E-state index >= 15 is 0 Å². The molecule has 0 amide bonds. The summed E-state index contributed by atoms with van der Waals surface area (Å²) >= 11 is 1.72. The summed E-state index contributed by atoms with van der Waals surface area (Å²) in [6.07, 6.45) is 0. The van der Waals surface area contributed by atoms with Crippen LogP contribution in [0.5, 0.6) is 0 Å². The SMILES string of the molecule is N[C@@H](CO)c1ccc(-c2cccs2)cc1. The zero-order chi connectivity index (χ0) is 10.7. The molecule has 78 valence electrons. The first-order chi connectivity index (χ1) is 7.31. The van der Waals surface area contributed by atoms with E-state index in [2.05, 4.69) is 11.4 Å². The second-order valence-corrected chi connectivity index (χ2v) is 4.34. The summed E-state index contributed by atoms with van der Waals surface area (Å²) in [7, 11) is 0. The van der Waals surface area contributed by atoms with Crippen molar-refractivity contribution in [1.82, 2.24) is 0 Å². The Morgan fingerprint density at radius 3 is 2.47 bits per heavy atom. The maximum Gasteiger partial charge on any atom is 0.0624 e. The van der Waals surface area contributed by atoms with E-state index in [1.165, 1.54) is 10.4 Å². The van der Waals surface area contributed by atoms with Gasteiger partial charge in [-0.3, -0.25) is 0 Å². The van der Waals surface area contributed by atoms with Gasteiger partial charge >= 0.3 is 0 Å².